The van der Waals surface area contributed by atoms with Crippen molar-refractivity contribution in [2.24, 2.45) is 11.7 Å². The zero-order valence-electron chi connectivity index (χ0n) is 14.0. The van der Waals surface area contributed by atoms with Crippen LogP contribution >= 0.6 is 11.3 Å². The smallest absolute Gasteiger partial charge is 0.274 e. The Kier molecular flexibility index (Phi) is 3.64. The predicted molar refractivity (Wildman–Crippen MR) is 92.6 cm³/mol. The highest BCUT2D eigenvalue weighted by Crippen LogP contribution is 2.48. The number of piperidine rings is 1. The number of hydrogen-bond acceptors (Lipinski definition) is 4. The van der Waals surface area contributed by atoms with Crippen LogP contribution < -0.4 is 5.73 Å². The van der Waals surface area contributed by atoms with Crippen molar-refractivity contribution in [3.63, 3.8) is 0 Å². The molecule has 1 aromatic heterocycles. The number of hydrogen-bond donors (Lipinski definition) is 1. The number of halogens is 1. The summed E-state index contributed by atoms with van der Waals surface area (Å²) in [6.45, 7) is 3.50. The van der Waals surface area contributed by atoms with Gasteiger partial charge in [0, 0.05) is 6.04 Å². The lowest BCUT2D eigenvalue weighted by atomic mass is 10.1. The third-order valence-electron chi connectivity index (χ3n) is 5.04. The molecule has 5 nitrogen and oxygen atoms in total. The Morgan fingerprint density at radius 2 is 2.08 bits per heavy atom. The molecule has 0 unspecified atom stereocenters. The Morgan fingerprint density at radius 3 is 2.76 bits per heavy atom. The molecule has 25 heavy (non-hydrogen) atoms. The maximum atomic E-state index is 14.0. The minimum absolute atomic E-state index is 0.0783. The van der Waals surface area contributed by atoms with Crippen LogP contribution in [0.3, 0.4) is 0 Å². The second-order valence-corrected chi connectivity index (χ2v) is 8.01. The van der Waals surface area contributed by atoms with Gasteiger partial charge in [-0.3, -0.25) is 9.59 Å². The van der Waals surface area contributed by atoms with Gasteiger partial charge in [0.15, 0.2) is 0 Å². The first-order chi connectivity index (χ1) is 11.9. The average molecular weight is 359 g/mol. The Labute approximate surface area is 148 Å². The fourth-order valence-electron chi connectivity index (χ4n) is 3.63. The van der Waals surface area contributed by atoms with E-state index in [1.807, 2.05) is 6.92 Å². The molecule has 1 saturated carbocycles. The molecule has 3 atom stereocenters. The normalized spacial score (nSPS) is 24.3. The Hall–Kier alpha value is -2.28. The second kappa shape index (κ2) is 5.62. The summed E-state index contributed by atoms with van der Waals surface area (Å²) < 4.78 is 14.0. The number of nitrogens with zero attached hydrogens (tertiary/aromatic N) is 2. The SMILES string of the molecule is Cc1nc(C(=O)N2[C@H](C(N)=O)C[C@@H]3C[C@@H]32)c(-c2ccc(C)c(F)c2)s1. The van der Waals surface area contributed by atoms with Gasteiger partial charge in [-0.15, -0.1) is 11.3 Å². The molecule has 2 amide bonds. The number of likely N-dealkylation sites (tertiary alicyclic amines) is 1. The van der Waals surface area contributed by atoms with E-state index in [2.05, 4.69) is 4.98 Å². The molecule has 0 bridgehead atoms. The predicted octanol–water partition coefficient (Wildman–Crippen LogP) is 2.65. The first kappa shape index (κ1) is 16.2. The van der Waals surface area contributed by atoms with E-state index in [9.17, 15) is 14.0 Å². The zero-order chi connectivity index (χ0) is 17.9. The lowest BCUT2D eigenvalue weighted by molar-refractivity contribution is -0.122. The highest BCUT2D eigenvalue weighted by molar-refractivity contribution is 7.15. The van der Waals surface area contributed by atoms with Crippen molar-refractivity contribution in [1.29, 1.82) is 0 Å². The first-order valence-corrected chi connectivity index (χ1v) is 9.04. The van der Waals surface area contributed by atoms with Crippen molar-refractivity contribution < 1.29 is 14.0 Å². The molecule has 2 heterocycles. The number of rotatable bonds is 3. The molecule has 1 aliphatic heterocycles. The number of carbonyl (C=O) groups is 2. The minimum Gasteiger partial charge on any atom is -0.368 e. The highest BCUT2D eigenvalue weighted by Gasteiger charge is 2.56. The summed E-state index contributed by atoms with van der Waals surface area (Å²) in [5.74, 6) is -0.716. The number of aromatic nitrogens is 1. The Bertz CT molecular complexity index is 894. The molecule has 2 N–H and O–H groups in total. The van der Waals surface area contributed by atoms with Gasteiger partial charge in [0.05, 0.1) is 9.88 Å². The molecule has 1 saturated heterocycles. The van der Waals surface area contributed by atoms with Crippen molar-refractivity contribution in [2.45, 2.75) is 38.8 Å². The molecular weight excluding hydrogens is 341 g/mol. The van der Waals surface area contributed by atoms with E-state index in [4.69, 9.17) is 5.73 Å². The monoisotopic (exact) mass is 359 g/mol. The van der Waals surface area contributed by atoms with E-state index >= 15 is 0 Å². The molecule has 0 radical (unpaired) electrons. The van der Waals surface area contributed by atoms with Gasteiger partial charge in [0.25, 0.3) is 5.91 Å². The number of nitrogens with two attached hydrogens (primary N) is 1. The lowest BCUT2D eigenvalue weighted by Crippen LogP contribution is -2.46. The molecule has 4 rings (SSSR count). The topological polar surface area (TPSA) is 76.3 Å². The van der Waals surface area contributed by atoms with Crippen molar-refractivity contribution >= 4 is 23.2 Å². The summed E-state index contributed by atoms with van der Waals surface area (Å²) in [6, 6.07) is 4.41. The number of amides is 2. The lowest BCUT2D eigenvalue weighted by Gasteiger charge is -2.24. The molecule has 1 aliphatic carbocycles. The van der Waals surface area contributed by atoms with Crippen LogP contribution in [0.2, 0.25) is 0 Å². The van der Waals surface area contributed by atoms with E-state index in [0.29, 0.717) is 28.3 Å². The summed E-state index contributed by atoms with van der Waals surface area (Å²) >= 11 is 1.35. The average Bonchev–Trinajstić information content (AvgIpc) is 3.05. The van der Waals surface area contributed by atoms with Crippen LogP contribution in [-0.4, -0.2) is 33.8 Å². The third-order valence-corrected chi connectivity index (χ3v) is 6.06. The van der Waals surface area contributed by atoms with Crippen LogP contribution in [0.5, 0.6) is 0 Å². The number of fused-ring (bicyclic) bond motifs is 1. The molecule has 2 fully saturated rings. The molecule has 2 aliphatic rings. The number of aryl methyl sites for hydroxylation is 2. The van der Waals surface area contributed by atoms with Gasteiger partial charge in [-0.05, 0) is 49.8 Å². The van der Waals surface area contributed by atoms with Gasteiger partial charge in [-0.2, -0.15) is 0 Å². The summed E-state index contributed by atoms with van der Waals surface area (Å²) in [6.07, 6.45) is 1.54. The van der Waals surface area contributed by atoms with Crippen molar-refractivity contribution in [1.82, 2.24) is 9.88 Å². The fraction of sp³-hybridized carbons (Fsp3) is 0.389. The van der Waals surface area contributed by atoms with Crippen LogP contribution in [0.15, 0.2) is 18.2 Å². The molecule has 7 heteroatoms. The molecule has 130 valence electrons. The van der Waals surface area contributed by atoms with Crippen LogP contribution in [0.4, 0.5) is 4.39 Å². The maximum Gasteiger partial charge on any atom is 0.274 e. The molecule has 0 spiro atoms. The summed E-state index contributed by atoms with van der Waals surface area (Å²) in [5, 5.41) is 0.724. The van der Waals surface area contributed by atoms with Gasteiger partial charge < -0.3 is 10.6 Å². The van der Waals surface area contributed by atoms with Gasteiger partial charge in [-0.1, -0.05) is 12.1 Å². The third kappa shape index (κ3) is 2.63. The van der Waals surface area contributed by atoms with E-state index in [1.54, 1.807) is 24.0 Å². The van der Waals surface area contributed by atoms with Crippen molar-refractivity contribution in [3.05, 3.63) is 40.3 Å². The fourth-order valence-corrected chi connectivity index (χ4v) is 4.53. The van der Waals surface area contributed by atoms with Crippen LogP contribution in [0, 0.1) is 25.6 Å². The van der Waals surface area contributed by atoms with E-state index in [-0.39, 0.29) is 23.5 Å². The largest absolute Gasteiger partial charge is 0.368 e. The second-order valence-electron chi connectivity index (χ2n) is 6.80. The minimum atomic E-state index is -0.569. The van der Waals surface area contributed by atoms with Crippen LogP contribution in [0.1, 0.15) is 33.9 Å². The first-order valence-electron chi connectivity index (χ1n) is 8.22. The Balaban J connectivity index is 1.74. The highest BCUT2D eigenvalue weighted by atomic mass is 32.1. The van der Waals surface area contributed by atoms with E-state index in [1.165, 1.54) is 17.4 Å². The standard InChI is InChI=1S/C18H18FN3O2S/c1-8-3-4-10(5-12(8)19)16-15(21-9(2)25-16)18(24)22-13-6-11(13)7-14(22)17(20)23/h3-5,11,13-14H,6-7H2,1-2H3,(H2,20,23)/t11-,13-,14-/m0/s1. The van der Waals surface area contributed by atoms with Crippen molar-refractivity contribution in [3.8, 4) is 10.4 Å². The number of primary amides is 1. The van der Waals surface area contributed by atoms with Gasteiger partial charge in [-0.25, -0.2) is 9.37 Å². The van der Waals surface area contributed by atoms with Crippen LogP contribution in [-0.2, 0) is 4.79 Å². The Morgan fingerprint density at radius 1 is 1.32 bits per heavy atom. The van der Waals surface area contributed by atoms with E-state index < -0.39 is 11.9 Å². The summed E-state index contributed by atoms with van der Waals surface area (Å²) in [5.41, 5.74) is 6.93. The number of benzene rings is 1. The zero-order valence-corrected chi connectivity index (χ0v) is 14.8. The summed E-state index contributed by atoms with van der Waals surface area (Å²) in [4.78, 5) is 31.5. The molecule has 1 aromatic carbocycles. The van der Waals surface area contributed by atoms with Gasteiger partial charge in [0.2, 0.25) is 5.91 Å². The summed E-state index contributed by atoms with van der Waals surface area (Å²) in [7, 11) is 0. The number of carbonyl (C=O) groups excluding carboxylic acids is 2. The molecule has 2 aromatic rings. The number of thiazole rings is 1. The van der Waals surface area contributed by atoms with Crippen LogP contribution in [0.25, 0.3) is 10.4 Å². The van der Waals surface area contributed by atoms with Gasteiger partial charge >= 0.3 is 0 Å². The quantitative estimate of drug-likeness (QED) is 0.915. The molecular formula is C18H18FN3O2S. The maximum absolute atomic E-state index is 14.0. The van der Waals surface area contributed by atoms with E-state index in [0.717, 1.165) is 11.4 Å². The van der Waals surface area contributed by atoms with Gasteiger partial charge in [0.1, 0.15) is 17.6 Å². The van der Waals surface area contributed by atoms with Crippen molar-refractivity contribution in [2.75, 3.05) is 0 Å².